The molecule has 1 saturated heterocycles. The molecule has 0 bridgehead atoms. The quantitative estimate of drug-likeness (QED) is 0.465. The van der Waals surface area contributed by atoms with E-state index in [-0.39, 0.29) is 12.0 Å². The van der Waals surface area contributed by atoms with E-state index in [9.17, 15) is 19.2 Å². The van der Waals surface area contributed by atoms with E-state index in [1.165, 1.54) is 12.1 Å². The maximum atomic E-state index is 11.8. The Bertz CT molecular complexity index is 571. The highest BCUT2D eigenvalue weighted by Crippen LogP contribution is 2.18. The van der Waals surface area contributed by atoms with Gasteiger partial charge in [0.1, 0.15) is 6.54 Å². The van der Waals surface area contributed by atoms with Crippen molar-refractivity contribution in [1.29, 1.82) is 0 Å². The molecule has 2 rings (SSSR count). The SMILES string of the molecule is O=C(Cl)CN1C(=O)CC(OC(=O)c2ccccc2)C1=O. The summed E-state index contributed by atoms with van der Waals surface area (Å²) in [7, 11) is 0. The number of carbonyl (C=O) groups is 4. The lowest BCUT2D eigenvalue weighted by molar-refractivity contribution is -0.142. The van der Waals surface area contributed by atoms with Crippen molar-refractivity contribution in [1.82, 2.24) is 4.90 Å². The Morgan fingerprint density at radius 2 is 1.90 bits per heavy atom. The van der Waals surface area contributed by atoms with Gasteiger partial charge in [-0.2, -0.15) is 0 Å². The van der Waals surface area contributed by atoms with Crippen LogP contribution in [0.15, 0.2) is 30.3 Å². The summed E-state index contributed by atoms with van der Waals surface area (Å²) in [6, 6.07) is 8.09. The Labute approximate surface area is 119 Å². The molecule has 1 aliphatic rings. The van der Waals surface area contributed by atoms with Crippen molar-refractivity contribution < 1.29 is 23.9 Å². The first-order valence-electron chi connectivity index (χ1n) is 5.77. The maximum absolute atomic E-state index is 11.8. The minimum absolute atomic E-state index is 0.276. The molecule has 6 nitrogen and oxygen atoms in total. The van der Waals surface area contributed by atoms with Crippen LogP contribution < -0.4 is 0 Å². The molecule has 0 N–H and O–H groups in total. The molecule has 104 valence electrons. The van der Waals surface area contributed by atoms with Gasteiger partial charge in [0.05, 0.1) is 12.0 Å². The summed E-state index contributed by atoms with van der Waals surface area (Å²) in [5, 5.41) is -0.832. The molecule has 1 unspecified atom stereocenters. The van der Waals surface area contributed by atoms with Crippen LogP contribution in [0.3, 0.4) is 0 Å². The first-order chi connectivity index (χ1) is 9.49. The standard InChI is InChI=1S/C13H10ClNO5/c14-10(16)7-15-11(17)6-9(12(15)18)20-13(19)8-4-2-1-3-5-8/h1-5,9H,6-7H2. The number of rotatable bonds is 4. The molecule has 7 heteroatoms. The average Bonchev–Trinajstić information content (AvgIpc) is 2.67. The van der Waals surface area contributed by atoms with Gasteiger partial charge in [-0.1, -0.05) is 18.2 Å². The molecule has 0 spiro atoms. The molecular formula is C13H10ClNO5. The van der Waals surface area contributed by atoms with Crippen LogP contribution in [0, 0.1) is 0 Å². The number of esters is 1. The summed E-state index contributed by atoms with van der Waals surface area (Å²) in [6.45, 7) is -0.515. The van der Waals surface area contributed by atoms with Crippen LogP contribution in [-0.4, -0.2) is 40.6 Å². The van der Waals surface area contributed by atoms with Crippen LogP contribution >= 0.6 is 11.6 Å². The largest absolute Gasteiger partial charge is 0.448 e. The van der Waals surface area contributed by atoms with E-state index in [4.69, 9.17) is 16.3 Å². The zero-order valence-electron chi connectivity index (χ0n) is 10.2. The van der Waals surface area contributed by atoms with Crippen molar-refractivity contribution in [3.8, 4) is 0 Å². The predicted octanol–water partition coefficient (Wildman–Crippen LogP) is 0.736. The van der Waals surface area contributed by atoms with E-state index >= 15 is 0 Å². The van der Waals surface area contributed by atoms with Crippen LogP contribution in [0.1, 0.15) is 16.8 Å². The number of carbonyl (C=O) groups excluding carboxylic acids is 4. The van der Waals surface area contributed by atoms with Crippen molar-refractivity contribution in [2.75, 3.05) is 6.54 Å². The van der Waals surface area contributed by atoms with Crippen LogP contribution in [0.4, 0.5) is 0 Å². The zero-order valence-corrected chi connectivity index (χ0v) is 11.0. The molecule has 1 aliphatic heterocycles. The number of hydrogen-bond acceptors (Lipinski definition) is 5. The Balaban J connectivity index is 2.04. The molecule has 1 fully saturated rings. The number of nitrogens with zero attached hydrogens (tertiary/aromatic N) is 1. The summed E-state index contributed by atoms with van der Waals surface area (Å²) in [4.78, 5) is 46.6. The summed E-state index contributed by atoms with van der Waals surface area (Å²) in [5.74, 6) is -2.01. The number of halogens is 1. The van der Waals surface area contributed by atoms with Gasteiger partial charge in [-0.05, 0) is 23.7 Å². The molecule has 1 aromatic rings. The monoisotopic (exact) mass is 295 g/mol. The molecule has 2 amide bonds. The zero-order chi connectivity index (χ0) is 14.7. The minimum atomic E-state index is -1.20. The van der Waals surface area contributed by atoms with Crippen LogP contribution in [-0.2, 0) is 19.1 Å². The van der Waals surface area contributed by atoms with Gasteiger partial charge >= 0.3 is 5.97 Å². The van der Waals surface area contributed by atoms with Crippen molar-refractivity contribution in [3.63, 3.8) is 0 Å². The van der Waals surface area contributed by atoms with E-state index in [0.717, 1.165) is 0 Å². The Kier molecular flexibility index (Phi) is 4.14. The Hall–Kier alpha value is -2.21. The van der Waals surface area contributed by atoms with Crippen molar-refractivity contribution in [2.45, 2.75) is 12.5 Å². The molecule has 1 heterocycles. The minimum Gasteiger partial charge on any atom is -0.448 e. The summed E-state index contributed by atoms with van der Waals surface area (Å²) in [5.41, 5.74) is 0.277. The highest BCUT2D eigenvalue weighted by Gasteiger charge is 2.41. The van der Waals surface area contributed by atoms with Gasteiger partial charge in [0.25, 0.3) is 5.91 Å². The van der Waals surface area contributed by atoms with E-state index in [1.54, 1.807) is 18.2 Å². The maximum Gasteiger partial charge on any atom is 0.338 e. The molecule has 20 heavy (non-hydrogen) atoms. The Morgan fingerprint density at radius 3 is 2.50 bits per heavy atom. The second kappa shape index (κ2) is 5.83. The van der Waals surface area contributed by atoms with Crippen molar-refractivity contribution in [3.05, 3.63) is 35.9 Å². The average molecular weight is 296 g/mol. The molecule has 0 aliphatic carbocycles. The molecule has 1 atom stereocenters. The second-order valence-corrected chi connectivity index (χ2v) is 4.56. The van der Waals surface area contributed by atoms with Crippen molar-refractivity contribution in [2.24, 2.45) is 0 Å². The summed E-state index contributed by atoms with van der Waals surface area (Å²) >= 11 is 5.15. The fourth-order valence-corrected chi connectivity index (χ4v) is 1.93. The fourth-order valence-electron chi connectivity index (χ4n) is 1.81. The first-order valence-corrected chi connectivity index (χ1v) is 6.15. The smallest absolute Gasteiger partial charge is 0.338 e. The number of likely N-dealkylation sites (tertiary alicyclic amines) is 1. The third-order valence-electron chi connectivity index (χ3n) is 2.74. The number of hydrogen-bond donors (Lipinski definition) is 0. The second-order valence-electron chi connectivity index (χ2n) is 4.14. The topological polar surface area (TPSA) is 80.8 Å². The normalized spacial score (nSPS) is 18.2. The number of imide groups is 1. The lowest BCUT2D eigenvalue weighted by Gasteiger charge is -2.12. The summed E-state index contributed by atoms with van der Waals surface area (Å²) in [6.07, 6.45) is -1.48. The number of amides is 2. The van der Waals surface area contributed by atoms with E-state index in [2.05, 4.69) is 0 Å². The van der Waals surface area contributed by atoms with E-state index in [1.807, 2.05) is 0 Å². The van der Waals surface area contributed by atoms with Crippen LogP contribution in [0.25, 0.3) is 0 Å². The summed E-state index contributed by atoms with van der Waals surface area (Å²) < 4.78 is 4.99. The molecular weight excluding hydrogens is 286 g/mol. The van der Waals surface area contributed by atoms with Crippen molar-refractivity contribution >= 4 is 34.6 Å². The van der Waals surface area contributed by atoms with E-state index in [0.29, 0.717) is 4.90 Å². The van der Waals surface area contributed by atoms with Gasteiger partial charge in [-0.15, -0.1) is 0 Å². The molecule has 1 aromatic carbocycles. The molecule has 0 aromatic heterocycles. The third-order valence-corrected chi connectivity index (χ3v) is 2.86. The lowest BCUT2D eigenvalue weighted by Crippen LogP contribution is -2.36. The third kappa shape index (κ3) is 3.03. The Morgan fingerprint density at radius 1 is 1.25 bits per heavy atom. The van der Waals surface area contributed by atoms with Crippen LogP contribution in [0.5, 0.6) is 0 Å². The number of benzene rings is 1. The van der Waals surface area contributed by atoms with Gasteiger partial charge in [0.15, 0.2) is 6.10 Å². The first kappa shape index (κ1) is 14.2. The molecule has 0 saturated carbocycles. The van der Waals surface area contributed by atoms with Gasteiger partial charge in [-0.25, -0.2) is 4.79 Å². The highest BCUT2D eigenvalue weighted by molar-refractivity contribution is 6.64. The molecule has 0 radical (unpaired) electrons. The van der Waals surface area contributed by atoms with E-state index < -0.39 is 35.7 Å². The van der Waals surface area contributed by atoms with Gasteiger partial charge in [-0.3, -0.25) is 19.3 Å². The fraction of sp³-hybridized carbons (Fsp3) is 0.231. The van der Waals surface area contributed by atoms with Gasteiger partial charge < -0.3 is 4.74 Å². The number of ether oxygens (including phenoxy) is 1. The van der Waals surface area contributed by atoms with Gasteiger partial charge in [0, 0.05) is 0 Å². The van der Waals surface area contributed by atoms with Gasteiger partial charge in [0.2, 0.25) is 11.1 Å². The predicted molar refractivity (Wildman–Crippen MR) is 67.8 cm³/mol. The highest BCUT2D eigenvalue weighted by atomic mass is 35.5. The van der Waals surface area contributed by atoms with Crippen LogP contribution in [0.2, 0.25) is 0 Å². The lowest BCUT2D eigenvalue weighted by atomic mass is 10.2.